The number of thioether (sulfide) groups is 1. The van der Waals surface area contributed by atoms with Gasteiger partial charge in [-0.3, -0.25) is 0 Å². The molecule has 1 aromatic heterocycles. The van der Waals surface area contributed by atoms with Crippen LogP contribution in [-0.4, -0.2) is 16.2 Å². The van der Waals surface area contributed by atoms with Gasteiger partial charge in [0.2, 0.25) is 0 Å². The van der Waals surface area contributed by atoms with Gasteiger partial charge in [0, 0.05) is 0 Å². The number of hydrogen-bond donors (Lipinski definition) is 1. The topological polar surface area (TPSA) is 28.7 Å². The summed E-state index contributed by atoms with van der Waals surface area (Å²) in [7, 11) is 0. The molecule has 1 N–H and O–H groups in total. The summed E-state index contributed by atoms with van der Waals surface area (Å²) in [6.45, 7) is 0. The number of nitrogens with zero attached hydrogens (tertiary/aromatic N) is 1. The van der Waals surface area contributed by atoms with E-state index < -0.39 is 11.7 Å². The Morgan fingerprint density at radius 1 is 1.38 bits per heavy atom. The molecule has 2 rings (SSSR count). The summed E-state index contributed by atoms with van der Waals surface area (Å²) in [5.41, 5.74) is 0.343. The number of alkyl halides is 3. The molecule has 2 nitrogen and oxygen atoms in total. The van der Waals surface area contributed by atoms with Crippen molar-refractivity contribution in [2.24, 2.45) is 0 Å². The Morgan fingerprint density at radius 3 is 2.75 bits per heavy atom. The lowest BCUT2D eigenvalue weighted by Gasteiger charge is -2.05. The van der Waals surface area contributed by atoms with Gasteiger partial charge in [0.25, 0.3) is 0 Å². The van der Waals surface area contributed by atoms with Crippen molar-refractivity contribution in [1.82, 2.24) is 9.97 Å². The van der Waals surface area contributed by atoms with Crippen molar-refractivity contribution in [3.8, 4) is 0 Å². The van der Waals surface area contributed by atoms with Crippen LogP contribution in [0.4, 0.5) is 13.2 Å². The molecule has 0 aliphatic carbocycles. The van der Waals surface area contributed by atoms with Crippen molar-refractivity contribution in [3.63, 3.8) is 0 Å². The van der Waals surface area contributed by atoms with Gasteiger partial charge in [0.15, 0.2) is 0 Å². The predicted octanol–water partition coefficient (Wildman–Crippen LogP) is 3.44. The van der Waals surface area contributed by atoms with Crippen molar-refractivity contribution in [3.05, 3.63) is 29.6 Å². The molecule has 0 aliphatic rings. The average molecular weight is 246 g/mol. The van der Waals surface area contributed by atoms with Crippen LogP contribution in [0.1, 0.15) is 11.4 Å². The number of aromatic nitrogens is 2. The van der Waals surface area contributed by atoms with Gasteiger partial charge in [0.1, 0.15) is 5.82 Å². The first kappa shape index (κ1) is 11.3. The van der Waals surface area contributed by atoms with Crippen LogP contribution in [0.15, 0.2) is 18.2 Å². The highest BCUT2D eigenvalue weighted by Crippen LogP contribution is 2.30. The van der Waals surface area contributed by atoms with Crippen LogP contribution < -0.4 is 0 Å². The molecule has 1 heterocycles. The van der Waals surface area contributed by atoms with Gasteiger partial charge in [-0.25, -0.2) is 4.98 Å². The minimum absolute atomic E-state index is 0.430. The summed E-state index contributed by atoms with van der Waals surface area (Å²) in [5, 5.41) is 0. The monoisotopic (exact) mass is 246 g/mol. The Labute approximate surface area is 94.3 Å². The molecule has 86 valence electrons. The van der Waals surface area contributed by atoms with E-state index in [0.717, 1.165) is 12.1 Å². The van der Waals surface area contributed by atoms with Crippen molar-refractivity contribution < 1.29 is 13.2 Å². The highest BCUT2D eigenvalue weighted by molar-refractivity contribution is 7.97. The van der Waals surface area contributed by atoms with E-state index >= 15 is 0 Å². The van der Waals surface area contributed by atoms with Crippen LogP contribution in [0.3, 0.4) is 0 Å². The Hall–Kier alpha value is -1.17. The molecule has 16 heavy (non-hydrogen) atoms. The van der Waals surface area contributed by atoms with E-state index in [2.05, 4.69) is 9.97 Å². The van der Waals surface area contributed by atoms with Crippen molar-refractivity contribution in [1.29, 1.82) is 0 Å². The minimum atomic E-state index is -4.31. The maximum Gasteiger partial charge on any atom is 0.416 e. The second-order valence-corrected chi connectivity index (χ2v) is 4.21. The molecule has 6 heteroatoms. The molecular formula is C10H9F3N2S. The lowest BCUT2D eigenvalue weighted by atomic mass is 10.2. The van der Waals surface area contributed by atoms with Crippen LogP contribution in [0.2, 0.25) is 0 Å². The molecule has 2 aromatic rings. The van der Waals surface area contributed by atoms with E-state index in [0.29, 0.717) is 22.6 Å². The maximum absolute atomic E-state index is 12.4. The predicted molar refractivity (Wildman–Crippen MR) is 58.3 cm³/mol. The van der Waals surface area contributed by atoms with Gasteiger partial charge >= 0.3 is 6.18 Å². The molecule has 0 aliphatic heterocycles. The molecule has 0 bridgehead atoms. The third kappa shape index (κ3) is 2.16. The average Bonchev–Trinajstić information content (AvgIpc) is 2.57. The largest absolute Gasteiger partial charge is 0.416 e. The lowest BCUT2D eigenvalue weighted by molar-refractivity contribution is -0.137. The normalized spacial score (nSPS) is 12.2. The molecule has 0 fully saturated rings. The Bertz CT molecular complexity index is 504. The second kappa shape index (κ2) is 4.01. The van der Waals surface area contributed by atoms with E-state index in [1.165, 1.54) is 6.07 Å². The summed E-state index contributed by atoms with van der Waals surface area (Å²) in [6.07, 6.45) is -2.40. The Morgan fingerprint density at radius 2 is 2.12 bits per heavy atom. The SMILES string of the molecule is CSCc1nc2ccc(C(F)(F)F)cc2[nH]1. The Balaban J connectivity index is 2.46. The highest BCUT2D eigenvalue weighted by Gasteiger charge is 2.30. The third-order valence-corrected chi connectivity index (χ3v) is 2.70. The highest BCUT2D eigenvalue weighted by atomic mass is 32.2. The van der Waals surface area contributed by atoms with E-state index in [9.17, 15) is 13.2 Å². The molecular weight excluding hydrogens is 237 g/mol. The fraction of sp³-hybridized carbons (Fsp3) is 0.300. The van der Waals surface area contributed by atoms with E-state index in [4.69, 9.17) is 0 Å². The summed E-state index contributed by atoms with van der Waals surface area (Å²) in [6, 6.07) is 3.52. The molecule has 1 aromatic carbocycles. The number of fused-ring (bicyclic) bond motifs is 1. The molecule has 0 unspecified atom stereocenters. The smallest absolute Gasteiger partial charge is 0.341 e. The zero-order chi connectivity index (χ0) is 11.8. The number of hydrogen-bond acceptors (Lipinski definition) is 2. The van der Waals surface area contributed by atoms with E-state index in [1.54, 1.807) is 11.8 Å². The fourth-order valence-corrected chi connectivity index (χ4v) is 1.85. The van der Waals surface area contributed by atoms with Crippen molar-refractivity contribution >= 4 is 22.8 Å². The van der Waals surface area contributed by atoms with Crippen LogP contribution in [-0.2, 0) is 11.9 Å². The van der Waals surface area contributed by atoms with Gasteiger partial charge in [-0.05, 0) is 24.5 Å². The molecule has 0 amide bonds. The van der Waals surface area contributed by atoms with Crippen LogP contribution in [0.25, 0.3) is 11.0 Å². The van der Waals surface area contributed by atoms with Crippen LogP contribution >= 0.6 is 11.8 Å². The lowest BCUT2D eigenvalue weighted by Crippen LogP contribution is -2.04. The molecule has 0 saturated heterocycles. The van der Waals surface area contributed by atoms with Crippen LogP contribution in [0.5, 0.6) is 0 Å². The number of rotatable bonds is 2. The standard InChI is InChI=1S/C10H9F3N2S/c1-16-5-9-14-7-3-2-6(10(11,12)13)4-8(7)15-9/h2-4H,5H2,1H3,(H,14,15). The number of H-pyrrole nitrogens is 1. The fourth-order valence-electron chi connectivity index (χ4n) is 1.44. The zero-order valence-corrected chi connectivity index (χ0v) is 9.25. The van der Waals surface area contributed by atoms with Crippen molar-refractivity contribution in [2.45, 2.75) is 11.9 Å². The summed E-state index contributed by atoms with van der Waals surface area (Å²) in [4.78, 5) is 7.06. The van der Waals surface area contributed by atoms with Crippen molar-refractivity contribution in [2.75, 3.05) is 6.26 Å². The van der Waals surface area contributed by atoms with Crippen LogP contribution in [0, 0.1) is 0 Å². The van der Waals surface area contributed by atoms with Gasteiger partial charge in [-0.15, -0.1) is 0 Å². The zero-order valence-electron chi connectivity index (χ0n) is 8.43. The summed E-state index contributed by atoms with van der Waals surface area (Å²) >= 11 is 1.56. The first-order valence-corrected chi connectivity index (χ1v) is 5.95. The van der Waals surface area contributed by atoms with Gasteiger partial charge in [-0.2, -0.15) is 24.9 Å². The molecule has 0 saturated carbocycles. The first-order valence-electron chi connectivity index (χ1n) is 4.55. The summed E-state index contributed by atoms with van der Waals surface area (Å²) in [5.74, 6) is 1.36. The Kier molecular flexibility index (Phi) is 2.84. The quantitative estimate of drug-likeness (QED) is 0.879. The maximum atomic E-state index is 12.4. The molecule has 0 atom stereocenters. The number of aromatic amines is 1. The molecule has 0 radical (unpaired) electrons. The first-order chi connectivity index (χ1) is 7.50. The number of benzene rings is 1. The second-order valence-electron chi connectivity index (χ2n) is 3.35. The number of imidazole rings is 1. The summed E-state index contributed by atoms with van der Waals surface area (Å²) < 4.78 is 37.3. The van der Waals surface area contributed by atoms with Gasteiger partial charge in [0.05, 0.1) is 22.3 Å². The van der Waals surface area contributed by atoms with Gasteiger partial charge in [-0.1, -0.05) is 0 Å². The van der Waals surface area contributed by atoms with Gasteiger partial charge < -0.3 is 4.98 Å². The number of halogens is 3. The van der Waals surface area contributed by atoms with E-state index in [-0.39, 0.29) is 0 Å². The minimum Gasteiger partial charge on any atom is -0.341 e. The number of nitrogens with one attached hydrogen (secondary N) is 1. The third-order valence-electron chi connectivity index (χ3n) is 2.14. The van der Waals surface area contributed by atoms with E-state index in [1.807, 2.05) is 6.26 Å². The molecule has 0 spiro atoms.